The van der Waals surface area contributed by atoms with Gasteiger partial charge in [-0.1, -0.05) is 24.3 Å². The minimum atomic E-state index is -3.68. The van der Waals surface area contributed by atoms with Gasteiger partial charge in [-0.05, 0) is 54.8 Å². The first-order valence-corrected chi connectivity index (χ1v) is 12.5. The summed E-state index contributed by atoms with van der Waals surface area (Å²) >= 11 is 0. The number of pyridine rings is 1. The van der Waals surface area contributed by atoms with Gasteiger partial charge in [0.15, 0.2) is 11.5 Å². The van der Waals surface area contributed by atoms with E-state index in [9.17, 15) is 13.2 Å². The van der Waals surface area contributed by atoms with E-state index in [4.69, 9.17) is 14.6 Å². The number of fused-ring (bicyclic) bond motifs is 1. The van der Waals surface area contributed by atoms with E-state index < -0.39 is 15.4 Å². The van der Waals surface area contributed by atoms with E-state index in [0.717, 1.165) is 24.0 Å². The molecule has 2 aliphatic rings. The van der Waals surface area contributed by atoms with E-state index in [2.05, 4.69) is 9.71 Å². The first-order chi connectivity index (χ1) is 16.4. The maximum Gasteiger partial charge on any atom is 0.240 e. The lowest BCUT2D eigenvalue weighted by atomic mass is 9.88. The molecule has 0 unspecified atom stereocenters. The lowest BCUT2D eigenvalue weighted by Gasteiger charge is -2.15. The van der Waals surface area contributed by atoms with Gasteiger partial charge in [0.05, 0.1) is 22.6 Å². The van der Waals surface area contributed by atoms with Gasteiger partial charge in [0.2, 0.25) is 16.8 Å². The second kappa shape index (κ2) is 8.83. The third-order valence-electron chi connectivity index (χ3n) is 6.22. The van der Waals surface area contributed by atoms with Crippen LogP contribution in [0.15, 0.2) is 65.6 Å². The minimum Gasteiger partial charge on any atom is -0.454 e. The molecule has 0 radical (unpaired) electrons. The van der Waals surface area contributed by atoms with E-state index in [1.54, 1.807) is 12.1 Å². The van der Waals surface area contributed by atoms with Crippen molar-refractivity contribution in [2.45, 2.75) is 29.6 Å². The Morgan fingerprint density at radius 3 is 2.56 bits per heavy atom. The molecule has 0 spiro atoms. The lowest BCUT2D eigenvalue weighted by molar-refractivity contribution is -0.120. The molecule has 1 saturated carbocycles. The highest BCUT2D eigenvalue weighted by atomic mass is 32.2. The molecule has 9 heteroatoms. The summed E-state index contributed by atoms with van der Waals surface area (Å²) in [5.41, 5.74) is 2.51. The summed E-state index contributed by atoms with van der Waals surface area (Å²) < 4.78 is 37.6. The third-order valence-corrected chi connectivity index (χ3v) is 7.70. The first-order valence-electron chi connectivity index (χ1n) is 11.0. The molecule has 1 aromatic heterocycles. The zero-order valence-corrected chi connectivity index (χ0v) is 19.2. The molecule has 2 heterocycles. The highest BCUT2D eigenvalue weighted by Gasteiger charge is 2.51. The Morgan fingerprint density at radius 2 is 1.82 bits per heavy atom. The number of ketones is 1. The molecule has 0 atom stereocenters. The Bertz CT molecular complexity index is 1340. The van der Waals surface area contributed by atoms with Gasteiger partial charge in [-0.25, -0.2) is 13.1 Å². The molecule has 3 aromatic rings. The number of aliphatic hydroxyl groups is 1. The van der Waals surface area contributed by atoms with E-state index in [1.807, 2.05) is 36.4 Å². The predicted molar refractivity (Wildman–Crippen MR) is 128 cm³/mol. The van der Waals surface area contributed by atoms with Gasteiger partial charge in [-0.3, -0.25) is 9.78 Å². The molecule has 0 amide bonds. The Morgan fingerprint density at radius 1 is 1.06 bits per heavy atom. The standard InChI is InChI=1S/C25H24N2O6S.2H2/c28-13-12-26-34(30,31)20-7-4-17(5-8-20)21-3-1-2-19(27-21)15-24(29)25(10-11-25)18-6-9-22-23(14-18)33-16-32-22;;/h1-9,14,26,28H,10-13,15-16H2;2*1H. The molecule has 2 aromatic carbocycles. The van der Waals surface area contributed by atoms with Crippen LogP contribution in [0.3, 0.4) is 0 Å². The van der Waals surface area contributed by atoms with Gasteiger partial charge in [0.1, 0.15) is 5.78 Å². The van der Waals surface area contributed by atoms with Gasteiger partial charge >= 0.3 is 0 Å². The molecule has 8 nitrogen and oxygen atoms in total. The van der Waals surface area contributed by atoms with Crippen LogP contribution in [0, 0.1) is 0 Å². The van der Waals surface area contributed by atoms with Crippen LogP contribution in [0.2, 0.25) is 0 Å². The SMILES string of the molecule is O=C(Cc1cccc(-c2ccc(S(=O)(=O)NCCO)cc2)n1)C1(c2ccc3c(c2)OCO3)CC1.[HH].[HH]. The molecule has 1 aliphatic heterocycles. The molecule has 0 bridgehead atoms. The normalized spacial score (nSPS) is 15.8. The summed E-state index contributed by atoms with van der Waals surface area (Å²) in [6.07, 6.45) is 1.80. The Kier molecular flexibility index (Phi) is 5.85. The maximum absolute atomic E-state index is 13.3. The third kappa shape index (κ3) is 4.29. The quantitative estimate of drug-likeness (QED) is 0.480. The number of Topliss-reactive ketones (excluding diaryl/α,β-unsaturated/α-hetero) is 1. The number of sulfonamides is 1. The average molecular weight is 485 g/mol. The number of nitrogens with one attached hydrogen (secondary N) is 1. The number of hydrogen-bond donors (Lipinski definition) is 2. The second-order valence-electron chi connectivity index (χ2n) is 8.41. The van der Waals surface area contributed by atoms with Gasteiger partial charge in [0.25, 0.3) is 0 Å². The summed E-state index contributed by atoms with van der Waals surface area (Å²) in [7, 11) is -3.68. The molecule has 5 rings (SSSR count). The maximum atomic E-state index is 13.3. The number of aliphatic hydroxyl groups excluding tert-OH is 1. The van der Waals surface area contributed by atoms with Gasteiger partial charge in [-0.2, -0.15) is 0 Å². The predicted octanol–water partition coefficient (Wildman–Crippen LogP) is 3.08. The molecule has 34 heavy (non-hydrogen) atoms. The zero-order valence-electron chi connectivity index (χ0n) is 18.4. The second-order valence-corrected chi connectivity index (χ2v) is 10.2. The van der Waals surface area contributed by atoms with Crippen molar-refractivity contribution in [3.05, 3.63) is 71.9 Å². The number of aromatic nitrogens is 1. The van der Waals surface area contributed by atoms with Crippen LogP contribution < -0.4 is 14.2 Å². The fourth-order valence-corrected chi connectivity index (χ4v) is 5.21. The number of rotatable bonds is 9. The van der Waals surface area contributed by atoms with Crippen LogP contribution in [-0.2, 0) is 26.7 Å². The summed E-state index contributed by atoms with van der Waals surface area (Å²) in [5.74, 6) is 1.49. The van der Waals surface area contributed by atoms with Gasteiger partial charge < -0.3 is 14.6 Å². The first kappa shape index (κ1) is 22.5. The molecule has 1 fully saturated rings. The Labute approximate surface area is 200 Å². The van der Waals surface area contributed by atoms with Crippen molar-refractivity contribution in [1.82, 2.24) is 9.71 Å². The average Bonchev–Trinajstić information content (AvgIpc) is 3.54. The van der Waals surface area contributed by atoms with Crippen LogP contribution in [0.5, 0.6) is 11.5 Å². The van der Waals surface area contributed by atoms with Crippen molar-refractivity contribution in [2.75, 3.05) is 19.9 Å². The molecule has 2 N–H and O–H groups in total. The van der Waals surface area contributed by atoms with E-state index >= 15 is 0 Å². The van der Waals surface area contributed by atoms with E-state index in [1.165, 1.54) is 12.1 Å². The van der Waals surface area contributed by atoms with Crippen LogP contribution in [0.4, 0.5) is 0 Å². The molecular weight excluding hydrogens is 456 g/mol. The van der Waals surface area contributed by atoms with E-state index in [0.29, 0.717) is 22.9 Å². The summed E-state index contributed by atoms with van der Waals surface area (Å²) in [6.45, 7) is -0.124. The van der Waals surface area contributed by atoms with Crippen molar-refractivity contribution < 1.29 is 30.6 Å². The summed E-state index contributed by atoms with van der Waals surface area (Å²) in [6, 6.07) is 17.5. The van der Waals surface area contributed by atoms with Crippen molar-refractivity contribution in [2.24, 2.45) is 0 Å². The Hall–Kier alpha value is -3.27. The molecular formula is C25H28N2O6S. The van der Waals surface area contributed by atoms with Crippen molar-refractivity contribution in [3.63, 3.8) is 0 Å². The number of hydrogen-bond acceptors (Lipinski definition) is 7. The zero-order chi connectivity index (χ0) is 23.8. The van der Waals surface area contributed by atoms with E-state index in [-0.39, 0.29) is 39.9 Å². The number of nitrogens with zero attached hydrogens (tertiary/aromatic N) is 1. The van der Waals surface area contributed by atoms with Crippen LogP contribution in [0.25, 0.3) is 11.3 Å². The summed E-state index contributed by atoms with van der Waals surface area (Å²) in [5, 5.41) is 8.84. The highest BCUT2D eigenvalue weighted by molar-refractivity contribution is 7.89. The fourth-order valence-electron chi connectivity index (χ4n) is 4.19. The smallest absolute Gasteiger partial charge is 0.240 e. The van der Waals surface area contributed by atoms with Crippen LogP contribution in [0.1, 0.15) is 27.0 Å². The number of ether oxygens (including phenoxy) is 2. The molecule has 1 aliphatic carbocycles. The highest BCUT2D eigenvalue weighted by Crippen LogP contribution is 2.51. The molecule has 180 valence electrons. The largest absolute Gasteiger partial charge is 0.454 e. The number of benzene rings is 2. The van der Waals surface area contributed by atoms with Crippen molar-refractivity contribution >= 4 is 15.8 Å². The van der Waals surface area contributed by atoms with Crippen molar-refractivity contribution in [1.29, 1.82) is 0 Å². The Balaban J connectivity index is 0.00000180. The van der Waals surface area contributed by atoms with Gasteiger partial charge in [0, 0.05) is 27.1 Å². The van der Waals surface area contributed by atoms with Gasteiger partial charge in [-0.15, -0.1) is 0 Å². The van der Waals surface area contributed by atoms with Crippen molar-refractivity contribution in [3.8, 4) is 22.8 Å². The van der Waals surface area contributed by atoms with Crippen LogP contribution in [-0.4, -0.2) is 44.2 Å². The topological polar surface area (TPSA) is 115 Å². The fraction of sp³-hybridized carbons (Fsp3) is 0.280. The number of carbonyl (C=O) groups is 1. The lowest BCUT2D eigenvalue weighted by Crippen LogP contribution is -2.26. The monoisotopic (exact) mass is 484 g/mol. The minimum absolute atomic E-state index is 0. The van der Waals surface area contributed by atoms with Crippen LogP contribution >= 0.6 is 0 Å². The number of carbonyl (C=O) groups excluding carboxylic acids is 1. The summed E-state index contributed by atoms with van der Waals surface area (Å²) in [4.78, 5) is 18.0. The molecule has 0 saturated heterocycles.